The van der Waals surface area contributed by atoms with Gasteiger partial charge in [-0.3, -0.25) is 4.79 Å². The zero-order valence-corrected chi connectivity index (χ0v) is 11.8. The van der Waals surface area contributed by atoms with Crippen molar-refractivity contribution in [2.75, 3.05) is 11.9 Å². The van der Waals surface area contributed by atoms with E-state index in [2.05, 4.69) is 5.32 Å². The molecule has 0 saturated carbocycles. The molecule has 7 heteroatoms. The molecule has 3 nitrogen and oxygen atoms in total. The fourth-order valence-corrected chi connectivity index (χ4v) is 1.93. The summed E-state index contributed by atoms with van der Waals surface area (Å²) < 4.78 is 37.5. The maximum Gasteiger partial charge on any atom is 0.416 e. The summed E-state index contributed by atoms with van der Waals surface area (Å²) in [5.41, 5.74) is 4.79. The molecule has 0 spiro atoms. The third-order valence-corrected chi connectivity index (χ3v) is 3.26. The van der Waals surface area contributed by atoms with Crippen LogP contribution in [0, 0.1) is 11.8 Å². The molecule has 3 N–H and O–H groups in total. The lowest BCUT2D eigenvalue weighted by Crippen LogP contribution is -2.33. The monoisotopic (exact) mass is 308 g/mol. The zero-order valence-electron chi connectivity index (χ0n) is 11.1. The van der Waals surface area contributed by atoms with Crippen molar-refractivity contribution in [1.29, 1.82) is 0 Å². The summed E-state index contributed by atoms with van der Waals surface area (Å²) >= 11 is 5.76. The van der Waals surface area contributed by atoms with Crippen molar-refractivity contribution < 1.29 is 18.0 Å². The second-order valence-corrected chi connectivity index (χ2v) is 5.18. The average molecular weight is 309 g/mol. The first kappa shape index (κ1) is 16.8. The Bertz CT molecular complexity index is 489. The van der Waals surface area contributed by atoms with Crippen LogP contribution in [-0.4, -0.2) is 12.5 Å². The SMILES string of the molecule is CC(C)C(CN)C(=O)Nc1ccc(C(F)(F)F)cc1Cl. The summed E-state index contributed by atoms with van der Waals surface area (Å²) in [6, 6.07) is 2.79. The Kier molecular flexibility index (Phi) is 5.42. The van der Waals surface area contributed by atoms with Crippen LogP contribution in [0.2, 0.25) is 5.02 Å². The van der Waals surface area contributed by atoms with E-state index in [1.54, 1.807) is 0 Å². The van der Waals surface area contributed by atoms with E-state index in [1.807, 2.05) is 13.8 Å². The van der Waals surface area contributed by atoms with Crippen molar-refractivity contribution in [2.45, 2.75) is 20.0 Å². The number of amides is 1. The predicted molar refractivity (Wildman–Crippen MR) is 72.5 cm³/mol. The minimum absolute atomic E-state index is 0.0215. The summed E-state index contributed by atoms with van der Waals surface area (Å²) in [4.78, 5) is 11.9. The lowest BCUT2D eigenvalue weighted by atomic mass is 9.95. The molecule has 1 aromatic rings. The van der Waals surface area contributed by atoms with Crippen LogP contribution in [-0.2, 0) is 11.0 Å². The summed E-state index contributed by atoms with van der Waals surface area (Å²) in [6.45, 7) is 3.83. The van der Waals surface area contributed by atoms with E-state index >= 15 is 0 Å². The Morgan fingerprint density at radius 1 is 1.40 bits per heavy atom. The van der Waals surface area contributed by atoms with Crippen LogP contribution in [0.5, 0.6) is 0 Å². The van der Waals surface area contributed by atoms with Gasteiger partial charge in [-0.2, -0.15) is 13.2 Å². The van der Waals surface area contributed by atoms with Crippen LogP contribution in [0.15, 0.2) is 18.2 Å². The quantitative estimate of drug-likeness (QED) is 0.894. The van der Waals surface area contributed by atoms with Crippen molar-refractivity contribution in [1.82, 2.24) is 0 Å². The molecule has 1 amide bonds. The van der Waals surface area contributed by atoms with Gasteiger partial charge in [0.05, 0.1) is 22.2 Å². The normalized spacial score (nSPS) is 13.4. The topological polar surface area (TPSA) is 55.1 Å². The molecule has 1 unspecified atom stereocenters. The molecule has 1 rings (SSSR count). The summed E-state index contributed by atoms with van der Waals surface area (Å²) in [5.74, 6) is -0.759. The molecular formula is C13H16ClF3N2O. The van der Waals surface area contributed by atoms with Crippen molar-refractivity contribution in [2.24, 2.45) is 17.6 Å². The van der Waals surface area contributed by atoms with E-state index in [0.29, 0.717) is 0 Å². The predicted octanol–water partition coefficient (Wildman–Crippen LogP) is 3.53. The van der Waals surface area contributed by atoms with Gasteiger partial charge in [0.15, 0.2) is 0 Å². The first-order valence-corrected chi connectivity index (χ1v) is 6.42. The Hall–Kier alpha value is -1.27. The highest BCUT2D eigenvalue weighted by atomic mass is 35.5. The minimum atomic E-state index is -4.47. The molecule has 1 aromatic carbocycles. The largest absolute Gasteiger partial charge is 0.416 e. The van der Waals surface area contributed by atoms with E-state index < -0.39 is 17.7 Å². The van der Waals surface area contributed by atoms with Crippen molar-refractivity contribution in [3.8, 4) is 0 Å². The number of hydrogen-bond acceptors (Lipinski definition) is 2. The standard InChI is InChI=1S/C13H16ClF3N2O/c1-7(2)9(6-18)12(20)19-11-4-3-8(5-10(11)14)13(15,16)17/h3-5,7,9H,6,18H2,1-2H3,(H,19,20). The summed E-state index contributed by atoms with van der Waals surface area (Å²) in [6.07, 6.45) is -4.47. The third-order valence-electron chi connectivity index (χ3n) is 2.95. The van der Waals surface area contributed by atoms with Crippen molar-refractivity contribution in [3.63, 3.8) is 0 Å². The van der Waals surface area contributed by atoms with Gasteiger partial charge in [0.2, 0.25) is 5.91 Å². The molecule has 0 aliphatic heterocycles. The number of carbonyl (C=O) groups excluding carboxylic acids is 1. The first-order valence-electron chi connectivity index (χ1n) is 6.04. The van der Waals surface area contributed by atoms with E-state index in [4.69, 9.17) is 17.3 Å². The molecule has 0 aliphatic carbocycles. The minimum Gasteiger partial charge on any atom is -0.330 e. The second-order valence-electron chi connectivity index (χ2n) is 4.77. The van der Waals surface area contributed by atoms with Crippen LogP contribution in [0.25, 0.3) is 0 Å². The number of alkyl halides is 3. The number of benzene rings is 1. The highest BCUT2D eigenvalue weighted by Crippen LogP contribution is 2.33. The molecule has 0 saturated heterocycles. The van der Waals surface area contributed by atoms with Gasteiger partial charge in [-0.05, 0) is 24.1 Å². The molecule has 0 bridgehead atoms. The Balaban J connectivity index is 2.92. The Morgan fingerprint density at radius 3 is 2.40 bits per heavy atom. The number of anilines is 1. The smallest absolute Gasteiger partial charge is 0.330 e. The molecule has 0 fully saturated rings. The van der Waals surface area contributed by atoms with Gasteiger partial charge >= 0.3 is 6.18 Å². The first-order chi connectivity index (χ1) is 9.16. The van der Waals surface area contributed by atoms with Crippen LogP contribution < -0.4 is 11.1 Å². The van der Waals surface area contributed by atoms with Crippen LogP contribution >= 0.6 is 11.6 Å². The van der Waals surface area contributed by atoms with E-state index in [0.717, 1.165) is 18.2 Å². The summed E-state index contributed by atoms with van der Waals surface area (Å²) in [7, 11) is 0. The number of rotatable bonds is 4. The van der Waals surface area contributed by atoms with Crippen LogP contribution in [0.3, 0.4) is 0 Å². The fraction of sp³-hybridized carbons (Fsp3) is 0.462. The van der Waals surface area contributed by atoms with Gasteiger partial charge in [-0.15, -0.1) is 0 Å². The van der Waals surface area contributed by atoms with Gasteiger partial charge in [0.25, 0.3) is 0 Å². The summed E-state index contributed by atoms with van der Waals surface area (Å²) in [5, 5.41) is 2.34. The van der Waals surface area contributed by atoms with Gasteiger partial charge in [0.1, 0.15) is 0 Å². The van der Waals surface area contributed by atoms with Gasteiger partial charge < -0.3 is 11.1 Å². The molecule has 0 aromatic heterocycles. The van der Waals surface area contributed by atoms with E-state index in [1.165, 1.54) is 0 Å². The van der Waals surface area contributed by atoms with Gasteiger partial charge in [0, 0.05) is 6.54 Å². The maximum atomic E-state index is 12.5. The highest BCUT2D eigenvalue weighted by Gasteiger charge is 2.31. The molecule has 0 aliphatic rings. The maximum absolute atomic E-state index is 12.5. The van der Waals surface area contributed by atoms with Crippen LogP contribution in [0.4, 0.5) is 18.9 Å². The molecule has 0 heterocycles. The van der Waals surface area contributed by atoms with E-state index in [9.17, 15) is 18.0 Å². The van der Waals surface area contributed by atoms with Gasteiger partial charge in [-0.1, -0.05) is 25.4 Å². The average Bonchev–Trinajstić information content (AvgIpc) is 2.30. The second kappa shape index (κ2) is 6.45. The van der Waals surface area contributed by atoms with Crippen molar-refractivity contribution >= 4 is 23.2 Å². The highest BCUT2D eigenvalue weighted by molar-refractivity contribution is 6.33. The molecular weight excluding hydrogens is 293 g/mol. The zero-order chi connectivity index (χ0) is 15.5. The Morgan fingerprint density at radius 2 is 2.00 bits per heavy atom. The molecule has 0 radical (unpaired) electrons. The molecule has 1 atom stereocenters. The fourth-order valence-electron chi connectivity index (χ4n) is 1.70. The third kappa shape index (κ3) is 4.11. The number of carbonyl (C=O) groups is 1. The number of hydrogen-bond donors (Lipinski definition) is 2. The van der Waals surface area contributed by atoms with E-state index in [-0.39, 0.29) is 29.1 Å². The number of nitrogens with two attached hydrogens (primary N) is 1. The Labute approximate surface area is 120 Å². The lowest BCUT2D eigenvalue weighted by Gasteiger charge is -2.19. The molecule has 112 valence electrons. The lowest BCUT2D eigenvalue weighted by molar-refractivity contribution is -0.137. The van der Waals surface area contributed by atoms with Crippen molar-refractivity contribution in [3.05, 3.63) is 28.8 Å². The number of nitrogens with one attached hydrogen (secondary N) is 1. The number of halogens is 4. The van der Waals surface area contributed by atoms with Gasteiger partial charge in [-0.25, -0.2) is 0 Å². The molecule has 20 heavy (non-hydrogen) atoms. The van der Waals surface area contributed by atoms with Crippen LogP contribution in [0.1, 0.15) is 19.4 Å².